The molecule has 3 aromatic rings. The van der Waals surface area contributed by atoms with Gasteiger partial charge < -0.3 is 5.32 Å². The van der Waals surface area contributed by atoms with E-state index in [0.717, 1.165) is 21.8 Å². The molecule has 0 spiro atoms. The standard InChI is InChI=1S/C17H14FN3OS/c18-13-4-6-15(7-5-13)23-11-17(22)20-14-3-1-2-12(10-14)16-8-9-19-21-16/h1-10H,11H2,(H,19,21)(H,20,22). The number of benzene rings is 2. The number of hydrogen-bond acceptors (Lipinski definition) is 3. The molecule has 0 aliphatic heterocycles. The molecule has 23 heavy (non-hydrogen) atoms. The lowest BCUT2D eigenvalue weighted by molar-refractivity contribution is -0.113. The fourth-order valence-electron chi connectivity index (χ4n) is 2.06. The highest BCUT2D eigenvalue weighted by molar-refractivity contribution is 8.00. The molecule has 1 amide bonds. The first-order valence-corrected chi connectivity index (χ1v) is 7.97. The van der Waals surface area contributed by atoms with E-state index in [-0.39, 0.29) is 17.5 Å². The summed E-state index contributed by atoms with van der Waals surface area (Å²) >= 11 is 1.36. The Morgan fingerprint density at radius 3 is 2.74 bits per heavy atom. The van der Waals surface area contributed by atoms with Crippen LogP contribution in [0.1, 0.15) is 0 Å². The van der Waals surface area contributed by atoms with Gasteiger partial charge in [-0.2, -0.15) is 5.10 Å². The van der Waals surface area contributed by atoms with E-state index >= 15 is 0 Å². The largest absolute Gasteiger partial charge is 0.325 e. The SMILES string of the molecule is O=C(CSc1ccc(F)cc1)Nc1cccc(-c2ccn[nH]2)c1. The average molecular weight is 327 g/mol. The highest BCUT2D eigenvalue weighted by Crippen LogP contribution is 2.21. The van der Waals surface area contributed by atoms with E-state index in [1.807, 2.05) is 30.3 Å². The van der Waals surface area contributed by atoms with Crippen molar-refractivity contribution in [3.05, 3.63) is 66.6 Å². The highest BCUT2D eigenvalue weighted by atomic mass is 32.2. The number of carbonyl (C=O) groups excluding carboxylic acids is 1. The van der Waals surface area contributed by atoms with Crippen LogP contribution in [-0.4, -0.2) is 21.9 Å². The van der Waals surface area contributed by atoms with E-state index in [1.54, 1.807) is 18.3 Å². The number of nitrogens with zero attached hydrogens (tertiary/aromatic N) is 1. The summed E-state index contributed by atoms with van der Waals surface area (Å²) in [7, 11) is 0. The van der Waals surface area contributed by atoms with Crippen molar-refractivity contribution in [2.75, 3.05) is 11.1 Å². The summed E-state index contributed by atoms with van der Waals surface area (Å²) in [4.78, 5) is 12.9. The van der Waals surface area contributed by atoms with Gasteiger partial charge in [-0.3, -0.25) is 9.89 Å². The molecule has 0 unspecified atom stereocenters. The van der Waals surface area contributed by atoms with Crippen LogP contribution < -0.4 is 5.32 Å². The summed E-state index contributed by atoms with van der Waals surface area (Å²) in [5.41, 5.74) is 2.56. The number of H-pyrrole nitrogens is 1. The maximum Gasteiger partial charge on any atom is 0.234 e. The van der Waals surface area contributed by atoms with Crippen LogP contribution in [0.4, 0.5) is 10.1 Å². The molecular formula is C17H14FN3OS. The van der Waals surface area contributed by atoms with E-state index < -0.39 is 0 Å². The fourth-order valence-corrected chi connectivity index (χ4v) is 2.76. The van der Waals surface area contributed by atoms with Gasteiger partial charge in [-0.1, -0.05) is 12.1 Å². The second kappa shape index (κ2) is 7.11. The minimum Gasteiger partial charge on any atom is -0.325 e. The lowest BCUT2D eigenvalue weighted by Gasteiger charge is -2.07. The van der Waals surface area contributed by atoms with E-state index in [2.05, 4.69) is 15.5 Å². The topological polar surface area (TPSA) is 57.8 Å². The molecule has 1 heterocycles. The van der Waals surface area contributed by atoms with Gasteiger partial charge in [0.2, 0.25) is 5.91 Å². The Bertz CT molecular complexity index is 788. The molecule has 0 fully saturated rings. The predicted molar refractivity (Wildman–Crippen MR) is 89.8 cm³/mol. The van der Waals surface area contributed by atoms with Crippen molar-refractivity contribution in [3.8, 4) is 11.3 Å². The van der Waals surface area contributed by atoms with Crippen molar-refractivity contribution in [1.29, 1.82) is 0 Å². The Labute approximate surface area is 137 Å². The van der Waals surface area contributed by atoms with Crippen LogP contribution in [0.25, 0.3) is 11.3 Å². The van der Waals surface area contributed by atoms with Crippen LogP contribution >= 0.6 is 11.8 Å². The Kier molecular flexibility index (Phi) is 4.73. The number of thioether (sulfide) groups is 1. The monoisotopic (exact) mass is 327 g/mol. The molecule has 0 aliphatic carbocycles. The third-order valence-electron chi connectivity index (χ3n) is 3.14. The zero-order chi connectivity index (χ0) is 16.1. The van der Waals surface area contributed by atoms with Gasteiger partial charge in [0.1, 0.15) is 5.82 Å². The van der Waals surface area contributed by atoms with Crippen LogP contribution in [0, 0.1) is 5.82 Å². The molecule has 0 radical (unpaired) electrons. The molecule has 116 valence electrons. The summed E-state index contributed by atoms with van der Waals surface area (Å²) in [6, 6.07) is 15.5. The molecule has 0 aliphatic rings. The maximum absolute atomic E-state index is 12.8. The zero-order valence-corrected chi connectivity index (χ0v) is 12.9. The summed E-state index contributed by atoms with van der Waals surface area (Å²) in [5, 5.41) is 9.66. The number of anilines is 1. The molecule has 2 N–H and O–H groups in total. The van der Waals surface area contributed by atoms with Crippen molar-refractivity contribution in [2.45, 2.75) is 4.90 Å². The van der Waals surface area contributed by atoms with Crippen molar-refractivity contribution in [2.24, 2.45) is 0 Å². The normalized spacial score (nSPS) is 10.5. The molecule has 0 saturated carbocycles. The van der Waals surface area contributed by atoms with Crippen molar-refractivity contribution >= 4 is 23.4 Å². The van der Waals surface area contributed by atoms with Gasteiger partial charge in [-0.25, -0.2) is 4.39 Å². The van der Waals surface area contributed by atoms with Crippen LogP contribution in [0.2, 0.25) is 0 Å². The second-order valence-corrected chi connectivity index (χ2v) is 5.89. The van der Waals surface area contributed by atoms with E-state index in [0.29, 0.717) is 0 Å². The van der Waals surface area contributed by atoms with Gasteiger partial charge in [0.15, 0.2) is 0 Å². The van der Waals surface area contributed by atoms with Crippen molar-refractivity contribution < 1.29 is 9.18 Å². The zero-order valence-electron chi connectivity index (χ0n) is 12.1. The van der Waals surface area contributed by atoms with Crippen molar-refractivity contribution in [3.63, 3.8) is 0 Å². The van der Waals surface area contributed by atoms with Gasteiger partial charge in [-0.05, 0) is 42.5 Å². The minimum absolute atomic E-state index is 0.110. The maximum atomic E-state index is 12.8. The van der Waals surface area contributed by atoms with E-state index in [1.165, 1.54) is 23.9 Å². The average Bonchev–Trinajstić information content (AvgIpc) is 3.09. The van der Waals surface area contributed by atoms with E-state index in [4.69, 9.17) is 0 Å². The van der Waals surface area contributed by atoms with Gasteiger partial charge in [0.05, 0.1) is 11.4 Å². The number of aromatic nitrogens is 2. The van der Waals surface area contributed by atoms with Crippen LogP contribution in [0.5, 0.6) is 0 Å². The lowest BCUT2D eigenvalue weighted by atomic mass is 10.1. The number of nitrogens with one attached hydrogen (secondary N) is 2. The minimum atomic E-state index is -0.283. The number of halogens is 1. The lowest BCUT2D eigenvalue weighted by Crippen LogP contribution is -2.13. The van der Waals surface area contributed by atoms with Gasteiger partial charge in [-0.15, -0.1) is 11.8 Å². The second-order valence-electron chi connectivity index (χ2n) is 4.84. The summed E-state index contributed by atoms with van der Waals surface area (Å²) in [6.45, 7) is 0. The van der Waals surface area contributed by atoms with Crippen LogP contribution in [0.3, 0.4) is 0 Å². The quantitative estimate of drug-likeness (QED) is 0.698. The Morgan fingerprint density at radius 1 is 1.17 bits per heavy atom. The first kappa shape index (κ1) is 15.3. The molecular weight excluding hydrogens is 313 g/mol. The number of hydrogen-bond donors (Lipinski definition) is 2. The summed E-state index contributed by atoms with van der Waals surface area (Å²) < 4.78 is 12.8. The van der Waals surface area contributed by atoms with Gasteiger partial charge >= 0.3 is 0 Å². The van der Waals surface area contributed by atoms with Crippen molar-refractivity contribution in [1.82, 2.24) is 10.2 Å². The fraction of sp³-hybridized carbons (Fsp3) is 0.0588. The van der Waals surface area contributed by atoms with E-state index in [9.17, 15) is 9.18 Å². The molecule has 1 aromatic heterocycles. The smallest absolute Gasteiger partial charge is 0.234 e. The Balaban J connectivity index is 1.59. The molecule has 0 bridgehead atoms. The molecule has 0 saturated heterocycles. The van der Waals surface area contributed by atoms with Gasteiger partial charge in [0, 0.05) is 22.3 Å². The summed E-state index contributed by atoms with van der Waals surface area (Å²) in [5.74, 6) is -0.129. The van der Waals surface area contributed by atoms with Crippen LogP contribution in [-0.2, 0) is 4.79 Å². The third kappa shape index (κ3) is 4.20. The molecule has 0 atom stereocenters. The Hall–Kier alpha value is -2.60. The first-order valence-electron chi connectivity index (χ1n) is 6.99. The predicted octanol–water partition coefficient (Wildman–Crippen LogP) is 3.95. The molecule has 2 aromatic carbocycles. The number of rotatable bonds is 5. The van der Waals surface area contributed by atoms with Crippen LogP contribution in [0.15, 0.2) is 65.7 Å². The molecule has 6 heteroatoms. The summed E-state index contributed by atoms with van der Waals surface area (Å²) in [6.07, 6.45) is 1.68. The molecule has 4 nitrogen and oxygen atoms in total. The number of carbonyl (C=O) groups is 1. The molecule has 3 rings (SSSR count). The number of aromatic amines is 1. The Morgan fingerprint density at radius 2 is 2.00 bits per heavy atom. The number of amides is 1. The third-order valence-corrected chi connectivity index (χ3v) is 4.15. The highest BCUT2D eigenvalue weighted by Gasteiger charge is 2.06. The first-order chi connectivity index (χ1) is 11.2. The van der Waals surface area contributed by atoms with Gasteiger partial charge in [0.25, 0.3) is 0 Å².